The van der Waals surface area contributed by atoms with Crippen LogP contribution in [0, 0.1) is 0 Å². The zero-order valence-corrected chi connectivity index (χ0v) is 15.1. The van der Waals surface area contributed by atoms with Crippen LogP contribution in [0.25, 0.3) is 11.0 Å². The highest BCUT2D eigenvalue weighted by molar-refractivity contribution is 8.00. The minimum Gasteiger partial charge on any atom is -0.351 e. The Morgan fingerprint density at radius 3 is 2.79 bits per heavy atom. The van der Waals surface area contributed by atoms with Crippen molar-refractivity contribution in [1.29, 1.82) is 0 Å². The minimum atomic E-state index is -0.236. The summed E-state index contributed by atoms with van der Waals surface area (Å²) in [7, 11) is 1.94. The first-order valence-corrected chi connectivity index (χ1v) is 8.90. The average Bonchev–Trinajstić information content (AvgIpc) is 2.88. The van der Waals surface area contributed by atoms with Gasteiger partial charge in [-0.25, -0.2) is 4.98 Å². The average molecular weight is 360 g/mol. The predicted molar refractivity (Wildman–Crippen MR) is 99.3 cm³/mol. The van der Waals surface area contributed by atoms with E-state index in [2.05, 4.69) is 10.3 Å². The lowest BCUT2D eigenvalue weighted by Crippen LogP contribution is -2.30. The van der Waals surface area contributed by atoms with Crippen LogP contribution in [-0.4, -0.2) is 20.7 Å². The molecule has 3 aromatic rings. The molecule has 0 saturated carbocycles. The van der Waals surface area contributed by atoms with Crippen molar-refractivity contribution in [3.63, 3.8) is 0 Å². The molecule has 0 radical (unpaired) electrons. The number of carbonyl (C=O) groups excluding carboxylic acids is 1. The number of carbonyl (C=O) groups is 1. The number of hydrogen-bond acceptors (Lipinski definition) is 3. The van der Waals surface area contributed by atoms with Crippen LogP contribution in [-0.2, 0) is 18.4 Å². The molecule has 0 aliphatic carbocycles. The molecule has 1 aromatic heterocycles. The number of fused-ring (bicyclic) bond motifs is 1. The van der Waals surface area contributed by atoms with Crippen molar-refractivity contribution in [3.8, 4) is 0 Å². The molecule has 0 fully saturated rings. The Kier molecular flexibility index (Phi) is 5.11. The summed E-state index contributed by atoms with van der Waals surface area (Å²) >= 11 is 7.46. The summed E-state index contributed by atoms with van der Waals surface area (Å²) in [6.45, 7) is 2.42. The van der Waals surface area contributed by atoms with E-state index in [9.17, 15) is 4.79 Å². The van der Waals surface area contributed by atoms with Gasteiger partial charge in [0.15, 0.2) is 5.16 Å². The van der Waals surface area contributed by atoms with Gasteiger partial charge in [-0.15, -0.1) is 0 Å². The number of hydrogen-bond donors (Lipinski definition) is 1. The van der Waals surface area contributed by atoms with Gasteiger partial charge in [0.1, 0.15) is 0 Å². The summed E-state index contributed by atoms with van der Waals surface area (Å²) in [6, 6.07) is 15.5. The molecule has 0 bridgehead atoms. The molecular weight excluding hydrogens is 342 g/mol. The molecule has 1 unspecified atom stereocenters. The first kappa shape index (κ1) is 16.9. The molecule has 0 aliphatic heterocycles. The van der Waals surface area contributed by atoms with Crippen molar-refractivity contribution in [3.05, 3.63) is 59.1 Å². The summed E-state index contributed by atoms with van der Waals surface area (Å²) in [6.07, 6.45) is 0. The summed E-state index contributed by atoms with van der Waals surface area (Å²) in [4.78, 5) is 16.9. The van der Waals surface area contributed by atoms with E-state index in [4.69, 9.17) is 11.6 Å². The predicted octanol–water partition coefficient (Wildman–Crippen LogP) is 4.02. The molecule has 3 rings (SSSR count). The first-order chi connectivity index (χ1) is 11.5. The van der Waals surface area contributed by atoms with E-state index in [-0.39, 0.29) is 11.2 Å². The molecule has 124 valence electrons. The number of amides is 1. The van der Waals surface area contributed by atoms with Crippen molar-refractivity contribution in [2.45, 2.75) is 23.9 Å². The molecule has 0 saturated heterocycles. The van der Waals surface area contributed by atoms with E-state index in [0.29, 0.717) is 11.6 Å². The number of nitrogens with zero attached hydrogens (tertiary/aromatic N) is 2. The molecular formula is C18H18ClN3OS. The third-order valence-electron chi connectivity index (χ3n) is 3.76. The number of benzene rings is 2. The number of aromatic nitrogens is 2. The molecule has 1 N–H and O–H groups in total. The Bertz CT molecular complexity index is 863. The normalized spacial score (nSPS) is 12.3. The third kappa shape index (κ3) is 3.74. The fraction of sp³-hybridized carbons (Fsp3) is 0.222. The second-order valence-electron chi connectivity index (χ2n) is 5.55. The van der Waals surface area contributed by atoms with Gasteiger partial charge >= 0.3 is 0 Å². The molecule has 4 nitrogen and oxygen atoms in total. The molecule has 1 atom stereocenters. The molecule has 2 aromatic carbocycles. The van der Waals surface area contributed by atoms with Gasteiger partial charge in [-0.05, 0) is 30.7 Å². The largest absolute Gasteiger partial charge is 0.351 e. The second-order valence-corrected chi connectivity index (χ2v) is 7.29. The van der Waals surface area contributed by atoms with Crippen LogP contribution in [0.3, 0.4) is 0 Å². The monoisotopic (exact) mass is 359 g/mol. The fourth-order valence-corrected chi connectivity index (χ4v) is 3.48. The maximum absolute atomic E-state index is 12.3. The third-order valence-corrected chi connectivity index (χ3v) is 5.14. The summed E-state index contributed by atoms with van der Waals surface area (Å²) < 4.78 is 1.98. The molecule has 24 heavy (non-hydrogen) atoms. The van der Waals surface area contributed by atoms with Crippen LogP contribution in [0.15, 0.2) is 53.7 Å². The van der Waals surface area contributed by atoms with Gasteiger partial charge < -0.3 is 9.88 Å². The lowest BCUT2D eigenvalue weighted by Gasteiger charge is -2.11. The Hall–Kier alpha value is -1.98. The number of aryl methyl sites for hydroxylation is 1. The van der Waals surface area contributed by atoms with Crippen LogP contribution in [0.2, 0.25) is 5.02 Å². The van der Waals surface area contributed by atoms with E-state index in [1.807, 2.05) is 67.1 Å². The Balaban J connectivity index is 1.66. The van der Waals surface area contributed by atoms with E-state index >= 15 is 0 Å². The standard InChI is InChI=1S/C18H18ClN3OS/c1-12(17(23)20-11-13-6-4-3-5-7-13)24-18-21-15-10-14(19)8-9-16(15)22(18)2/h3-10,12H,11H2,1-2H3,(H,20,23). The number of nitrogens with one attached hydrogen (secondary N) is 1. The van der Waals surface area contributed by atoms with Gasteiger partial charge in [0.05, 0.1) is 16.3 Å². The molecule has 1 heterocycles. The summed E-state index contributed by atoms with van der Waals surface area (Å²) in [5.41, 5.74) is 2.92. The Morgan fingerprint density at radius 1 is 1.29 bits per heavy atom. The van der Waals surface area contributed by atoms with Crippen molar-refractivity contribution >= 4 is 40.3 Å². The molecule has 6 heteroatoms. The lowest BCUT2D eigenvalue weighted by atomic mass is 10.2. The number of halogens is 1. The van der Waals surface area contributed by atoms with E-state index in [1.165, 1.54) is 11.8 Å². The second kappa shape index (κ2) is 7.28. The van der Waals surface area contributed by atoms with Gasteiger partial charge in [0.25, 0.3) is 0 Å². The number of thioether (sulfide) groups is 1. The van der Waals surface area contributed by atoms with Crippen LogP contribution >= 0.6 is 23.4 Å². The van der Waals surface area contributed by atoms with Crippen LogP contribution < -0.4 is 5.32 Å². The van der Waals surface area contributed by atoms with Crippen molar-refractivity contribution < 1.29 is 4.79 Å². The van der Waals surface area contributed by atoms with Crippen molar-refractivity contribution in [2.24, 2.45) is 7.05 Å². The highest BCUT2D eigenvalue weighted by Gasteiger charge is 2.18. The van der Waals surface area contributed by atoms with Gasteiger partial charge in [0.2, 0.25) is 5.91 Å². The lowest BCUT2D eigenvalue weighted by molar-refractivity contribution is -0.120. The quantitative estimate of drug-likeness (QED) is 0.700. The molecule has 0 aliphatic rings. The number of rotatable bonds is 5. The van der Waals surface area contributed by atoms with Crippen molar-refractivity contribution in [1.82, 2.24) is 14.9 Å². The maximum Gasteiger partial charge on any atom is 0.233 e. The molecule has 1 amide bonds. The van der Waals surface area contributed by atoms with Crippen LogP contribution in [0.5, 0.6) is 0 Å². The van der Waals surface area contributed by atoms with Gasteiger partial charge in [-0.2, -0.15) is 0 Å². The van der Waals surface area contributed by atoms with Gasteiger partial charge in [-0.1, -0.05) is 53.7 Å². The van der Waals surface area contributed by atoms with E-state index < -0.39 is 0 Å². The minimum absolute atomic E-state index is 0.00561. The maximum atomic E-state index is 12.3. The zero-order chi connectivity index (χ0) is 17.1. The highest BCUT2D eigenvalue weighted by Crippen LogP contribution is 2.27. The van der Waals surface area contributed by atoms with Crippen LogP contribution in [0.1, 0.15) is 12.5 Å². The Labute approximate surface area is 150 Å². The summed E-state index contributed by atoms with van der Waals surface area (Å²) in [5, 5.41) is 4.19. The Morgan fingerprint density at radius 2 is 2.04 bits per heavy atom. The number of imidazole rings is 1. The zero-order valence-electron chi connectivity index (χ0n) is 13.5. The highest BCUT2D eigenvalue weighted by atomic mass is 35.5. The van der Waals surface area contributed by atoms with Crippen LogP contribution in [0.4, 0.5) is 0 Å². The van der Waals surface area contributed by atoms with Gasteiger partial charge in [-0.3, -0.25) is 4.79 Å². The van der Waals surface area contributed by atoms with Gasteiger partial charge in [0, 0.05) is 18.6 Å². The topological polar surface area (TPSA) is 46.9 Å². The van der Waals surface area contributed by atoms with Crippen molar-refractivity contribution in [2.75, 3.05) is 0 Å². The van der Waals surface area contributed by atoms with E-state index in [0.717, 1.165) is 21.8 Å². The first-order valence-electron chi connectivity index (χ1n) is 7.65. The SMILES string of the molecule is CC(Sc1nc2cc(Cl)ccc2n1C)C(=O)NCc1ccccc1. The fourth-order valence-electron chi connectivity index (χ4n) is 2.40. The molecule has 0 spiro atoms. The summed E-state index contributed by atoms with van der Waals surface area (Å²) in [5.74, 6) is -0.00561. The smallest absolute Gasteiger partial charge is 0.233 e. The van der Waals surface area contributed by atoms with E-state index in [1.54, 1.807) is 0 Å².